The molecule has 0 amide bonds. The minimum Gasteiger partial charge on any atom is -0.389 e. The maximum Gasteiger partial charge on any atom is 0.128 e. The first kappa shape index (κ1) is 14.4. The fraction of sp³-hybridized carbons (Fsp3) is 0.600. The summed E-state index contributed by atoms with van der Waals surface area (Å²) in [5.41, 5.74) is 0.524. The summed E-state index contributed by atoms with van der Waals surface area (Å²) in [7, 11) is 0. The van der Waals surface area contributed by atoms with Crippen molar-refractivity contribution in [1.82, 2.24) is 5.32 Å². The van der Waals surface area contributed by atoms with E-state index >= 15 is 0 Å². The zero-order chi connectivity index (χ0) is 13.7. The Hall–Kier alpha value is -0.970. The van der Waals surface area contributed by atoms with Crippen molar-refractivity contribution in [1.29, 1.82) is 0 Å². The van der Waals surface area contributed by atoms with Gasteiger partial charge >= 0.3 is 0 Å². The molecular weight excluding hydrogens is 245 g/mol. The van der Waals surface area contributed by atoms with Crippen LogP contribution in [0.25, 0.3) is 0 Å². The monoisotopic (exact) mass is 267 g/mol. The first-order valence-electron chi connectivity index (χ1n) is 6.87. The van der Waals surface area contributed by atoms with E-state index in [1.807, 2.05) is 0 Å². The third kappa shape index (κ3) is 4.56. The summed E-state index contributed by atoms with van der Waals surface area (Å²) >= 11 is 0. The molecule has 0 radical (unpaired) electrons. The van der Waals surface area contributed by atoms with Gasteiger partial charge in [-0.15, -0.1) is 0 Å². The second-order valence-corrected chi connectivity index (χ2v) is 5.44. The highest BCUT2D eigenvalue weighted by Crippen LogP contribution is 2.25. The van der Waals surface area contributed by atoms with Crippen molar-refractivity contribution in [3.63, 3.8) is 0 Å². The van der Waals surface area contributed by atoms with Crippen LogP contribution in [0, 0.1) is 11.7 Å². The lowest BCUT2D eigenvalue weighted by atomic mass is 9.82. The van der Waals surface area contributed by atoms with E-state index in [2.05, 4.69) is 12.2 Å². The fourth-order valence-corrected chi connectivity index (χ4v) is 2.35. The third-order valence-electron chi connectivity index (χ3n) is 3.54. The van der Waals surface area contributed by atoms with Gasteiger partial charge in [-0.2, -0.15) is 0 Å². The molecule has 1 fully saturated rings. The number of ether oxygens (including phenoxy) is 1. The predicted octanol–water partition coefficient (Wildman–Crippen LogP) is 2.09. The van der Waals surface area contributed by atoms with Crippen LogP contribution in [0.3, 0.4) is 0 Å². The van der Waals surface area contributed by atoms with Crippen LogP contribution in [0.2, 0.25) is 0 Å². The maximum absolute atomic E-state index is 13.3. The van der Waals surface area contributed by atoms with Crippen molar-refractivity contribution in [3.8, 4) is 0 Å². The van der Waals surface area contributed by atoms with E-state index in [0.717, 1.165) is 5.92 Å². The van der Waals surface area contributed by atoms with E-state index in [0.29, 0.717) is 18.2 Å². The normalized spacial score (nSPS) is 23.9. The largest absolute Gasteiger partial charge is 0.389 e. The van der Waals surface area contributed by atoms with Gasteiger partial charge in [0.25, 0.3) is 0 Å². The van der Waals surface area contributed by atoms with E-state index in [1.54, 1.807) is 18.2 Å². The summed E-state index contributed by atoms with van der Waals surface area (Å²) in [4.78, 5) is 0. The summed E-state index contributed by atoms with van der Waals surface area (Å²) in [5, 5.41) is 13.1. The molecule has 1 aromatic rings. The highest BCUT2D eigenvalue weighted by atomic mass is 19.1. The Bertz CT molecular complexity index is 393. The maximum atomic E-state index is 13.3. The van der Waals surface area contributed by atoms with Gasteiger partial charge in [-0.1, -0.05) is 25.1 Å². The lowest BCUT2D eigenvalue weighted by Gasteiger charge is -2.34. The van der Waals surface area contributed by atoms with Gasteiger partial charge in [-0.25, -0.2) is 4.39 Å². The van der Waals surface area contributed by atoms with E-state index in [1.165, 1.54) is 18.9 Å². The zero-order valence-electron chi connectivity index (χ0n) is 11.3. The van der Waals surface area contributed by atoms with Crippen molar-refractivity contribution in [2.45, 2.75) is 38.5 Å². The number of benzene rings is 1. The van der Waals surface area contributed by atoms with Gasteiger partial charge in [0.15, 0.2) is 0 Å². The van der Waals surface area contributed by atoms with Gasteiger partial charge < -0.3 is 15.2 Å². The van der Waals surface area contributed by atoms with Gasteiger partial charge in [-0.3, -0.25) is 0 Å². The van der Waals surface area contributed by atoms with E-state index in [4.69, 9.17) is 4.74 Å². The smallest absolute Gasteiger partial charge is 0.128 e. The average molecular weight is 267 g/mol. The minimum absolute atomic E-state index is 0.199. The number of nitrogens with one attached hydrogen (secondary N) is 1. The van der Waals surface area contributed by atoms with Gasteiger partial charge in [0.1, 0.15) is 5.82 Å². The van der Waals surface area contributed by atoms with Gasteiger partial charge in [0.2, 0.25) is 0 Å². The number of rotatable bonds is 7. The quantitative estimate of drug-likeness (QED) is 0.795. The van der Waals surface area contributed by atoms with Gasteiger partial charge in [0.05, 0.1) is 19.3 Å². The average Bonchev–Trinajstić information content (AvgIpc) is 2.35. The summed E-state index contributed by atoms with van der Waals surface area (Å²) < 4.78 is 18.6. The molecule has 0 aliphatic heterocycles. The Labute approximate surface area is 113 Å². The fourth-order valence-electron chi connectivity index (χ4n) is 2.35. The molecule has 4 heteroatoms. The second-order valence-electron chi connectivity index (χ2n) is 5.44. The molecule has 1 atom stereocenters. The highest BCUT2D eigenvalue weighted by Gasteiger charge is 2.24. The lowest BCUT2D eigenvalue weighted by molar-refractivity contribution is 0.0241. The molecule has 1 unspecified atom stereocenters. The highest BCUT2D eigenvalue weighted by molar-refractivity contribution is 5.16. The summed E-state index contributed by atoms with van der Waals surface area (Å²) in [6.45, 7) is 3.19. The molecule has 1 saturated carbocycles. The molecule has 0 spiro atoms. The van der Waals surface area contributed by atoms with Crippen LogP contribution >= 0.6 is 0 Å². The topological polar surface area (TPSA) is 41.5 Å². The van der Waals surface area contributed by atoms with Gasteiger partial charge in [0, 0.05) is 18.2 Å². The third-order valence-corrected chi connectivity index (χ3v) is 3.54. The molecular formula is C15H22FNO2. The molecule has 106 valence electrons. The zero-order valence-corrected chi connectivity index (χ0v) is 11.3. The van der Waals surface area contributed by atoms with Crippen molar-refractivity contribution in [2.24, 2.45) is 5.92 Å². The van der Waals surface area contributed by atoms with Crippen molar-refractivity contribution in [2.75, 3.05) is 13.2 Å². The number of hydrogen-bond acceptors (Lipinski definition) is 3. The van der Waals surface area contributed by atoms with Crippen molar-refractivity contribution in [3.05, 3.63) is 35.6 Å². The van der Waals surface area contributed by atoms with Crippen LogP contribution in [0.15, 0.2) is 24.3 Å². The van der Waals surface area contributed by atoms with Crippen LogP contribution in [0.1, 0.15) is 25.3 Å². The molecule has 3 nitrogen and oxygen atoms in total. The summed E-state index contributed by atoms with van der Waals surface area (Å²) in [6, 6.07) is 7.06. The lowest BCUT2D eigenvalue weighted by Crippen LogP contribution is -2.44. The van der Waals surface area contributed by atoms with Crippen LogP contribution in [-0.4, -0.2) is 30.4 Å². The van der Waals surface area contributed by atoms with E-state index in [9.17, 15) is 9.50 Å². The Morgan fingerprint density at radius 1 is 1.42 bits per heavy atom. The molecule has 1 aliphatic rings. The first-order chi connectivity index (χ1) is 9.15. The predicted molar refractivity (Wildman–Crippen MR) is 72.3 cm³/mol. The van der Waals surface area contributed by atoms with Crippen LogP contribution < -0.4 is 5.32 Å². The molecule has 0 aromatic heterocycles. The SMILES string of the molecule is CC1CC(NCC(O)COCc2ccccc2F)C1. The molecule has 0 saturated heterocycles. The minimum atomic E-state index is -0.539. The Morgan fingerprint density at radius 2 is 2.16 bits per heavy atom. The molecule has 1 aromatic carbocycles. The molecule has 0 bridgehead atoms. The van der Waals surface area contributed by atoms with E-state index in [-0.39, 0.29) is 19.0 Å². The standard InChI is InChI=1S/C15H22FNO2/c1-11-6-13(7-11)17-8-14(18)10-19-9-12-4-2-3-5-15(12)16/h2-5,11,13-14,17-18H,6-10H2,1H3. The molecule has 19 heavy (non-hydrogen) atoms. The Kier molecular flexibility index (Phi) is 5.31. The molecule has 2 N–H and O–H groups in total. The van der Waals surface area contributed by atoms with Crippen molar-refractivity contribution >= 4 is 0 Å². The number of hydrogen-bond donors (Lipinski definition) is 2. The summed E-state index contributed by atoms with van der Waals surface area (Å²) in [5.74, 6) is 0.533. The molecule has 0 heterocycles. The second kappa shape index (κ2) is 6.98. The summed E-state index contributed by atoms with van der Waals surface area (Å²) in [6.07, 6.45) is 1.83. The number of aliphatic hydroxyl groups is 1. The first-order valence-corrected chi connectivity index (χ1v) is 6.87. The molecule has 1 aliphatic carbocycles. The van der Waals surface area contributed by atoms with Crippen LogP contribution in [-0.2, 0) is 11.3 Å². The van der Waals surface area contributed by atoms with Crippen LogP contribution in [0.4, 0.5) is 4.39 Å². The molecule has 2 rings (SSSR count). The number of halogens is 1. The number of aliphatic hydroxyl groups excluding tert-OH is 1. The van der Waals surface area contributed by atoms with E-state index < -0.39 is 6.10 Å². The van der Waals surface area contributed by atoms with Crippen molar-refractivity contribution < 1.29 is 14.2 Å². The Morgan fingerprint density at radius 3 is 2.84 bits per heavy atom. The Balaban J connectivity index is 1.59. The van der Waals surface area contributed by atoms with Crippen LogP contribution in [0.5, 0.6) is 0 Å². The van der Waals surface area contributed by atoms with Gasteiger partial charge in [-0.05, 0) is 24.8 Å².